The minimum atomic E-state index is -0.681. The molecule has 1 aromatic rings. The molecule has 7 nitrogen and oxygen atoms in total. The van der Waals surface area contributed by atoms with E-state index in [0.717, 1.165) is 5.75 Å². The van der Waals surface area contributed by atoms with Crippen LogP contribution in [-0.4, -0.2) is 48.5 Å². The zero-order valence-corrected chi connectivity index (χ0v) is 14.7. The van der Waals surface area contributed by atoms with Crippen molar-refractivity contribution in [1.82, 2.24) is 4.90 Å². The normalized spacial score (nSPS) is 11.9. The zero-order valence-electron chi connectivity index (χ0n) is 14.7. The van der Waals surface area contributed by atoms with E-state index >= 15 is 0 Å². The number of carbonyl (C=O) groups is 2. The van der Waals surface area contributed by atoms with Crippen LogP contribution in [0.5, 0.6) is 5.75 Å². The molecular formula is C17H24N4O3. The van der Waals surface area contributed by atoms with Crippen LogP contribution in [0.1, 0.15) is 27.2 Å². The summed E-state index contributed by atoms with van der Waals surface area (Å²) in [6.45, 7) is 5.20. The molecule has 24 heavy (non-hydrogen) atoms. The quantitative estimate of drug-likeness (QED) is 0.773. The number of amides is 2. The first-order valence-electron chi connectivity index (χ1n) is 7.53. The number of aliphatic imine (C=N–C) groups is 2. The summed E-state index contributed by atoms with van der Waals surface area (Å²) in [5, 5.41) is 0. The molecule has 0 aliphatic carbocycles. The number of nitrogens with two attached hydrogens (primary N) is 1. The molecule has 0 aromatic heterocycles. The van der Waals surface area contributed by atoms with Gasteiger partial charge in [0.2, 0.25) is 11.8 Å². The summed E-state index contributed by atoms with van der Waals surface area (Å²) in [7, 11) is 3.21. The van der Waals surface area contributed by atoms with Gasteiger partial charge in [0.1, 0.15) is 11.8 Å². The number of carbonyl (C=O) groups excluding carboxylic acids is 2. The molecule has 1 atom stereocenters. The average molecular weight is 332 g/mol. The van der Waals surface area contributed by atoms with Gasteiger partial charge in [-0.25, -0.2) is 4.99 Å². The van der Waals surface area contributed by atoms with Crippen molar-refractivity contribution in [2.24, 2.45) is 15.7 Å². The number of benzene rings is 1. The number of likely N-dealkylation sites (N-methyl/N-ethyl adjacent to an activating group) is 1. The molecule has 2 amide bonds. The number of nitrogens with zero attached hydrogens (tertiary/aromatic N) is 3. The maximum absolute atomic E-state index is 12.4. The lowest BCUT2D eigenvalue weighted by molar-refractivity contribution is -0.136. The molecule has 0 aliphatic heterocycles. The van der Waals surface area contributed by atoms with E-state index in [4.69, 9.17) is 10.5 Å². The molecule has 1 aromatic carbocycles. The van der Waals surface area contributed by atoms with Crippen LogP contribution in [0.4, 0.5) is 5.69 Å². The Kier molecular flexibility index (Phi) is 6.68. The highest BCUT2D eigenvalue weighted by molar-refractivity contribution is 5.84. The molecule has 0 saturated heterocycles. The van der Waals surface area contributed by atoms with Crippen LogP contribution < -0.4 is 10.5 Å². The van der Waals surface area contributed by atoms with Crippen LogP contribution in [-0.2, 0) is 9.59 Å². The fourth-order valence-electron chi connectivity index (χ4n) is 2.01. The van der Waals surface area contributed by atoms with Crippen molar-refractivity contribution in [3.63, 3.8) is 0 Å². The molecule has 0 radical (unpaired) electrons. The van der Waals surface area contributed by atoms with E-state index < -0.39 is 17.5 Å². The van der Waals surface area contributed by atoms with Gasteiger partial charge in [-0.05, 0) is 45.0 Å². The Hall–Kier alpha value is -2.66. The number of hydrogen-bond acceptors (Lipinski definition) is 5. The monoisotopic (exact) mass is 332 g/mol. The first-order chi connectivity index (χ1) is 11.2. The van der Waals surface area contributed by atoms with Crippen LogP contribution in [0.2, 0.25) is 0 Å². The number of methoxy groups -OCH3 is 1. The van der Waals surface area contributed by atoms with Crippen molar-refractivity contribution in [3.8, 4) is 5.75 Å². The molecule has 1 unspecified atom stereocenters. The van der Waals surface area contributed by atoms with Crippen LogP contribution in [0, 0.1) is 0 Å². The molecule has 0 aliphatic rings. The Balaban J connectivity index is 2.77. The molecule has 0 fully saturated rings. The average Bonchev–Trinajstić information content (AvgIpc) is 2.52. The Morgan fingerprint density at radius 3 is 2.42 bits per heavy atom. The first kappa shape index (κ1) is 19.4. The van der Waals surface area contributed by atoms with E-state index in [9.17, 15) is 9.59 Å². The highest BCUT2D eigenvalue weighted by Gasteiger charge is 2.31. The number of rotatable bonds is 7. The predicted octanol–water partition coefficient (Wildman–Crippen LogP) is 2.00. The third kappa shape index (κ3) is 5.52. The van der Waals surface area contributed by atoms with Gasteiger partial charge in [-0.15, -0.1) is 0 Å². The maximum Gasteiger partial charge on any atom is 0.248 e. The molecule has 7 heteroatoms. The van der Waals surface area contributed by atoms with E-state index in [-0.39, 0.29) is 12.3 Å². The molecule has 0 bridgehead atoms. The number of hydrogen-bond donors (Lipinski definition) is 1. The molecule has 2 N–H and O–H groups in total. The van der Waals surface area contributed by atoms with Crippen LogP contribution in [0.3, 0.4) is 0 Å². The van der Waals surface area contributed by atoms with Gasteiger partial charge in [-0.1, -0.05) is 0 Å². The highest BCUT2D eigenvalue weighted by atomic mass is 16.5. The summed E-state index contributed by atoms with van der Waals surface area (Å²) < 4.78 is 5.06. The van der Waals surface area contributed by atoms with Crippen LogP contribution in [0.15, 0.2) is 34.3 Å². The van der Waals surface area contributed by atoms with Gasteiger partial charge in [0, 0.05) is 19.0 Å². The molecule has 130 valence electrons. The van der Waals surface area contributed by atoms with E-state index in [1.165, 1.54) is 4.90 Å². The minimum Gasteiger partial charge on any atom is -0.497 e. The Morgan fingerprint density at radius 1 is 1.33 bits per heavy atom. The third-order valence-corrected chi connectivity index (χ3v) is 3.71. The third-order valence-electron chi connectivity index (χ3n) is 3.71. The maximum atomic E-state index is 12.4. The topological polar surface area (TPSA) is 97.3 Å². The second-order valence-corrected chi connectivity index (χ2v) is 6.07. The zero-order chi connectivity index (χ0) is 18.3. The largest absolute Gasteiger partial charge is 0.497 e. The van der Waals surface area contributed by atoms with Crippen LogP contribution >= 0.6 is 0 Å². The lowest BCUT2D eigenvalue weighted by atomic mass is 9.97. The molecule has 1 rings (SSSR count). The molecule has 0 saturated carbocycles. The van der Waals surface area contributed by atoms with Gasteiger partial charge in [0.15, 0.2) is 0 Å². The van der Waals surface area contributed by atoms with Gasteiger partial charge in [0.05, 0.1) is 18.8 Å². The fourth-order valence-corrected chi connectivity index (χ4v) is 2.01. The summed E-state index contributed by atoms with van der Waals surface area (Å²) in [6.07, 6.45) is 0.0750. The molecular weight excluding hydrogens is 308 g/mol. The number of primary amides is 1. The van der Waals surface area contributed by atoms with Crippen molar-refractivity contribution in [2.45, 2.75) is 38.8 Å². The predicted molar refractivity (Wildman–Crippen MR) is 92.6 cm³/mol. The fraction of sp³-hybridized carbons (Fsp3) is 0.471. The number of ether oxygens (including phenoxy) is 1. The van der Waals surface area contributed by atoms with E-state index in [2.05, 4.69) is 16.0 Å². The smallest absolute Gasteiger partial charge is 0.248 e. The van der Waals surface area contributed by atoms with Crippen molar-refractivity contribution in [1.29, 1.82) is 0 Å². The van der Waals surface area contributed by atoms with E-state index in [0.29, 0.717) is 5.69 Å². The van der Waals surface area contributed by atoms with E-state index in [1.807, 2.05) is 0 Å². The standard InChI is InChI=1S/C17H24N4O3/c1-12(16(23)21(4)17(2,3)10-15(18)22)19-11-20-13-6-8-14(24-5)9-7-13/h6-9,12H,10H2,1-5H3,(H2,18,22). The van der Waals surface area contributed by atoms with Gasteiger partial charge in [0.25, 0.3) is 0 Å². The van der Waals surface area contributed by atoms with E-state index in [1.54, 1.807) is 59.2 Å². The summed E-state index contributed by atoms with van der Waals surface area (Å²) in [5.74, 6) is 0.0308. The van der Waals surface area contributed by atoms with Gasteiger partial charge >= 0.3 is 0 Å². The summed E-state index contributed by atoms with van der Waals surface area (Å²) >= 11 is 0. The Bertz CT molecular complexity index is 646. The molecule has 0 heterocycles. The Morgan fingerprint density at radius 2 is 1.92 bits per heavy atom. The second kappa shape index (κ2) is 8.26. The highest BCUT2D eigenvalue weighted by Crippen LogP contribution is 2.19. The first-order valence-corrected chi connectivity index (χ1v) is 7.53. The van der Waals surface area contributed by atoms with Gasteiger partial charge in [-0.2, -0.15) is 4.99 Å². The summed E-state index contributed by atoms with van der Waals surface area (Å²) in [6, 6.07) is 8.94. The van der Waals surface area contributed by atoms with Gasteiger partial charge < -0.3 is 15.4 Å². The minimum absolute atomic E-state index is 0.0750. The Labute approximate surface area is 142 Å². The van der Waals surface area contributed by atoms with Crippen molar-refractivity contribution < 1.29 is 14.3 Å². The lowest BCUT2D eigenvalue weighted by Crippen LogP contribution is -2.50. The van der Waals surface area contributed by atoms with Crippen molar-refractivity contribution in [2.75, 3.05) is 14.2 Å². The second-order valence-electron chi connectivity index (χ2n) is 6.07. The molecule has 0 spiro atoms. The van der Waals surface area contributed by atoms with Crippen molar-refractivity contribution >= 4 is 23.5 Å². The van der Waals surface area contributed by atoms with Crippen LogP contribution in [0.25, 0.3) is 0 Å². The summed E-state index contributed by atoms with van der Waals surface area (Å²) in [5.41, 5.74) is 5.19. The van der Waals surface area contributed by atoms with Crippen molar-refractivity contribution in [3.05, 3.63) is 24.3 Å². The SMILES string of the molecule is COc1ccc(N=C=NC(C)C(=O)N(C)C(C)(C)CC(N)=O)cc1. The summed E-state index contributed by atoms with van der Waals surface area (Å²) in [4.78, 5) is 33.0. The van der Waals surface area contributed by atoms with Gasteiger partial charge in [-0.3, -0.25) is 9.59 Å². The lowest BCUT2D eigenvalue weighted by Gasteiger charge is -2.35.